The molecular weight excluding hydrogens is 534 g/mol. The van der Waals surface area contributed by atoms with E-state index >= 15 is 0 Å². The Balaban J connectivity index is 1.19. The van der Waals surface area contributed by atoms with E-state index in [1.165, 1.54) is 29.4 Å². The number of imidazole rings is 1. The fourth-order valence-corrected chi connectivity index (χ4v) is 5.46. The van der Waals surface area contributed by atoms with Crippen LogP contribution in [0.25, 0.3) is 44.1 Å². The third-order valence-electron chi connectivity index (χ3n) is 7.44. The minimum Gasteiger partial charge on any atom is -0.395 e. The van der Waals surface area contributed by atoms with Crippen molar-refractivity contribution in [2.45, 2.75) is 31.7 Å². The van der Waals surface area contributed by atoms with Gasteiger partial charge in [0.15, 0.2) is 17.0 Å². The summed E-state index contributed by atoms with van der Waals surface area (Å²) in [6, 6.07) is 17.9. The third-order valence-corrected chi connectivity index (χ3v) is 7.44. The maximum absolute atomic E-state index is 13.7. The number of aromatic amines is 2. The molecule has 3 aromatic carbocycles. The second kappa shape index (κ2) is 8.37. The lowest BCUT2D eigenvalue weighted by molar-refractivity contribution is -0.286. The number of ether oxygens (including phenoxy) is 2. The molecule has 8 rings (SSSR count). The SMILES string of the molecule is O=C(Cn1nc(-c2ccc3[nH]c4ccccc4c3c2)c2[nH]cnc2c1=O)N(c1ccc2c(c1)OC(F)(F)O2)C1CC1. The molecule has 0 radical (unpaired) electrons. The monoisotopic (exact) mass is 554 g/mol. The topological polar surface area (TPSA) is 118 Å². The number of benzene rings is 3. The number of halogens is 2. The van der Waals surface area contributed by atoms with E-state index in [9.17, 15) is 18.4 Å². The number of carbonyl (C=O) groups is 1. The van der Waals surface area contributed by atoms with Crippen LogP contribution in [0.5, 0.6) is 11.5 Å². The summed E-state index contributed by atoms with van der Waals surface area (Å²) in [4.78, 5) is 39.1. The summed E-state index contributed by atoms with van der Waals surface area (Å²) < 4.78 is 37.3. The first-order valence-electron chi connectivity index (χ1n) is 13.0. The Kier molecular flexibility index (Phi) is 4.82. The standard InChI is InChI=1S/C29H20F2N6O4/c30-29(31)40-22-10-8-17(12-23(22)41-29)37(16-6-7-16)24(38)13-36-28(39)27-26(32-14-33-27)25(35-36)15-5-9-21-19(11-15)18-3-1-2-4-20(18)34-21/h1-5,8-12,14,16,34H,6-7,13H2,(H,32,33). The quantitative estimate of drug-likeness (QED) is 0.312. The highest BCUT2D eigenvalue weighted by Crippen LogP contribution is 2.44. The zero-order chi connectivity index (χ0) is 27.9. The molecule has 4 heterocycles. The minimum atomic E-state index is -3.77. The first-order valence-corrected chi connectivity index (χ1v) is 13.0. The van der Waals surface area contributed by atoms with E-state index < -0.39 is 17.8 Å². The molecule has 0 unspecified atom stereocenters. The summed E-state index contributed by atoms with van der Waals surface area (Å²) >= 11 is 0. The lowest BCUT2D eigenvalue weighted by Gasteiger charge is -2.23. The Morgan fingerprint density at radius 1 is 1.02 bits per heavy atom. The Morgan fingerprint density at radius 3 is 2.68 bits per heavy atom. The van der Waals surface area contributed by atoms with E-state index in [4.69, 9.17) is 0 Å². The van der Waals surface area contributed by atoms with E-state index in [2.05, 4.69) is 29.5 Å². The summed E-state index contributed by atoms with van der Waals surface area (Å²) in [6.07, 6.45) is -0.857. The molecule has 0 bridgehead atoms. The van der Waals surface area contributed by atoms with Crippen LogP contribution < -0.4 is 19.9 Å². The van der Waals surface area contributed by atoms with Gasteiger partial charge in [0.25, 0.3) is 5.56 Å². The number of carbonyl (C=O) groups excluding carboxylic acids is 1. The maximum Gasteiger partial charge on any atom is 0.586 e. The number of hydrogen-bond donors (Lipinski definition) is 2. The molecule has 2 aliphatic rings. The fourth-order valence-electron chi connectivity index (χ4n) is 5.46. The molecular formula is C29H20F2N6O4. The lowest BCUT2D eigenvalue weighted by atomic mass is 10.1. The average molecular weight is 555 g/mol. The molecule has 1 aliphatic carbocycles. The van der Waals surface area contributed by atoms with E-state index in [1.54, 1.807) is 0 Å². The number of nitrogens with zero attached hydrogens (tertiary/aromatic N) is 4. The first kappa shape index (κ1) is 23.6. The first-order chi connectivity index (χ1) is 19.8. The number of alkyl halides is 2. The van der Waals surface area contributed by atoms with Gasteiger partial charge in [-0.1, -0.05) is 24.3 Å². The van der Waals surface area contributed by atoms with Gasteiger partial charge in [-0.05, 0) is 43.2 Å². The van der Waals surface area contributed by atoms with Crippen molar-refractivity contribution in [1.82, 2.24) is 24.7 Å². The summed E-state index contributed by atoms with van der Waals surface area (Å²) in [5.41, 5.74) is 3.65. The zero-order valence-corrected chi connectivity index (χ0v) is 21.2. The van der Waals surface area contributed by atoms with Crippen molar-refractivity contribution in [3.8, 4) is 22.8 Å². The summed E-state index contributed by atoms with van der Waals surface area (Å²) in [5.74, 6) is -0.685. The summed E-state index contributed by atoms with van der Waals surface area (Å²) in [7, 11) is 0. The van der Waals surface area contributed by atoms with Gasteiger partial charge in [-0.3, -0.25) is 9.59 Å². The Hall–Kier alpha value is -5.26. The van der Waals surface area contributed by atoms with Crippen LogP contribution >= 0.6 is 0 Å². The molecule has 3 aromatic heterocycles. The normalized spacial score (nSPS) is 15.7. The predicted molar refractivity (Wildman–Crippen MR) is 146 cm³/mol. The van der Waals surface area contributed by atoms with Gasteiger partial charge in [0.2, 0.25) is 5.91 Å². The summed E-state index contributed by atoms with van der Waals surface area (Å²) in [6.45, 7) is -0.370. The van der Waals surface area contributed by atoms with Crippen LogP contribution in [0.15, 0.2) is 71.8 Å². The molecule has 10 nitrogen and oxygen atoms in total. The summed E-state index contributed by atoms with van der Waals surface area (Å²) in [5, 5.41) is 6.66. The number of anilines is 1. The van der Waals surface area contributed by atoms with Crippen LogP contribution in [-0.2, 0) is 11.3 Å². The highest BCUT2D eigenvalue weighted by molar-refractivity contribution is 6.09. The number of para-hydroxylation sites is 1. The Bertz CT molecular complexity index is 2090. The van der Waals surface area contributed by atoms with Crippen molar-refractivity contribution in [3.05, 3.63) is 77.3 Å². The van der Waals surface area contributed by atoms with Gasteiger partial charge in [-0.15, -0.1) is 8.78 Å². The van der Waals surface area contributed by atoms with E-state index in [0.717, 1.165) is 44.9 Å². The molecule has 0 spiro atoms. The van der Waals surface area contributed by atoms with Crippen molar-refractivity contribution in [2.75, 3.05) is 4.90 Å². The van der Waals surface area contributed by atoms with Crippen molar-refractivity contribution in [2.24, 2.45) is 0 Å². The predicted octanol–water partition coefficient (Wildman–Crippen LogP) is 4.94. The largest absolute Gasteiger partial charge is 0.586 e. The van der Waals surface area contributed by atoms with Crippen LogP contribution in [0.4, 0.5) is 14.5 Å². The molecule has 6 aromatic rings. The number of hydrogen-bond acceptors (Lipinski definition) is 6. The Morgan fingerprint density at radius 2 is 1.83 bits per heavy atom. The van der Waals surface area contributed by atoms with E-state index in [1.807, 2.05) is 42.5 Å². The molecule has 1 saturated carbocycles. The molecule has 0 atom stereocenters. The molecule has 41 heavy (non-hydrogen) atoms. The van der Waals surface area contributed by atoms with Gasteiger partial charge in [0, 0.05) is 45.2 Å². The van der Waals surface area contributed by atoms with Crippen molar-refractivity contribution < 1.29 is 23.0 Å². The second-order valence-electron chi connectivity index (χ2n) is 10.2. The van der Waals surface area contributed by atoms with Crippen molar-refractivity contribution in [3.63, 3.8) is 0 Å². The van der Waals surface area contributed by atoms with Crippen LogP contribution in [-0.4, -0.2) is 43.0 Å². The molecule has 204 valence electrons. The lowest BCUT2D eigenvalue weighted by Crippen LogP contribution is -2.39. The Labute approximate surface area is 229 Å². The minimum absolute atomic E-state index is 0.111. The molecule has 1 aliphatic heterocycles. The second-order valence-corrected chi connectivity index (χ2v) is 10.2. The molecule has 2 N–H and O–H groups in total. The van der Waals surface area contributed by atoms with E-state index in [0.29, 0.717) is 16.9 Å². The van der Waals surface area contributed by atoms with Crippen molar-refractivity contribution in [1.29, 1.82) is 0 Å². The van der Waals surface area contributed by atoms with Gasteiger partial charge in [-0.25, -0.2) is 9.67 Å². The number of aromatic nitrogens is 5. The molecule has 0 saturated heterocycles. The van der Waals surface area contributed by atoms with Crippen LogP contribution in [0.1, 0.15) is 12.8 Å². The molecule has 1 fully saturated rings. The van der Waals surface area contributed by atoms with E-state index in [-0.39, 0.29) is 29.6 Å². The highest BCUT2D eigenvalue weighted by Gasteiger charge is 2.44. The highest BCUT2D eigenvalue weighted by atomic mass is 19.3. The van der Waals surface area contributed by atoms with Gasteiger partial charge in [0.1, 0.15) is 12.2 Å². The average Bonchev–Trinajstić information content (AvgIpc) is 3.38. The fraction of sp³-hybridized carbons (Fsp3) is 0.172. The van der Waals surface area contributed by atoms with Crippen LogP contribution in [0, 0.1) is 0 Å². The number of amides is 1. The molecule has 1 amide bonds. The zero-order valence-electron chi connectivity index (χ0n) is 21.2. The van der Waals surface area contributed by atoms with Crippen LogP contribution in [0.2, 0.25) is 0 Å². The van der Waals surface area contributed by atoms with Crippen LogP contribution in [0.3, 0.4) is 0 Å². The van der Waals surface area contributed by atoms with Gasteiger partial charge in [0.05, 0.1) is 11.8 Å². The number of rotatable bonds is 5. The maximum atomic E-state index is 13.7. The number of nitrogens with one attached hydrogen (secondary N) is 2. The number of fused-ring (bicyclic) bond motifs is 5. The molecule has 12 heteroatoms. The van der Waals surface area contributed by atoms with Gasteiger partial charge < -0.3 is 24.3 Å². The smallest absolute Gasteiger partial charge is 0.395 e. The van der Waals surface area contributed by atoms with Gasteiger partial charge >= 0.3 is 6.29 Å². The number of H-pyrrole nitrogens is 2. The van der Waals surface area contributed by atoms with Crippen molar-refractivity contribution >= 4 is 44.4 Å². The van der Waals surface area contributed by atoms with Gasteiger partial charge in [-0.2, -0.15) is 5.10 Å². The third kappa shape index (κ3) is 3.82.